The van der Waals surface area contributed by atoms with Gasteiger partial charge in [-0.3, -0.25) is 4.79 Å². The first kappa shape index (κ1) is 10.9. The van der Waals surface area contributed by atoms with Crippen LogP contribution in [0.3, 0.4) is 0 Å². The highest BCUT2D eigenvalue weighted by atomic mass is 19.1. The smallest absolute Gasteiger partial charge is 0.194 e. The molecule has 1 aliphatic carbocycles. The maximum absolute atomic E-state index is 13.4. The SMILES string of the molecule is COc1cc(F)cc2c1-c1ccc(F)cc1C2=O. The third-order valence-corrected chi connectivity index (χ3v) is 3.03. The van der Waals surface area contributed by atoms with Crippen molar-refractivity contribution in [3.8, 4) is 16.9 Å². The highest BCUT2D eigenvalue weighted by molar-refractivity contribution is 6.22. The molecule has 0 heterocycles. The van der Waals surface area contributed by atoms with Crippen LogP contribution >= 0.6 is 0 Å². The molecule has 2 aromatic rings. The summed E-state index contributed by atoms with van der Waals surface area (Å²) in [6.07, 6.45) is 0. The first-order valence-electron chi connectivity index (χ1n) is 5.34. The molecule has 0 fully saturated rings. The van der Waals surface area contributed by atoms with E-state index in [1.165, 1.54) is 25.3 Å². The minimum absolute atomic E-state index is 0.215. The molecule has 0 aliphatic heterocycles. The molecule has 0 spiro atoms. The van der Waals surface area contributed by atoms with E-state index in [2.05, 4.69) is 0 Å². The van der Waals surface area contributed by atoms with Gasteiger partial charge in [-0.05, 0) is 23.8 Å². The van der Waals surface area contributed by atoms with Crippen LogP contribution in [0.25, 0.3) is 11.1 Å². The van der Waals surface area contributed by atoms with Crippen LogP contribution in [0.1, 0.15) is 15.9 Å². The summed E-state index contributed by atoms with van der Waals surface area (Å²) < 4.78 is 31.6. The zero-order chi connectivity index (χ0) is 12.9. The average Bonchev–Trinajstić information content (AvgIpc) is 2.62. The molecule has 4 heteroatoms. The molecular weight excluding hydrogens is 238 g/mol. The molecular formula is C14H8F2O2. The van der Waals surface area contributed by atoms with E-state index in [9.17, 15) is 13.6 Å². The summed E-state index contributed by atoms with van der Waals surface area (Å²) >= 11 is 0. The minimum Gasteiger partial charge on any atom is -0.496 e. The molecule has 2 nitrogen and oxygen atoms in total. The Morgan fingerprint density at radius 1 is 0.944 bits per heavy atom. The van der Waals surface area contributed by atoms with Gasteiger partial charge in [0.2, 0.25) is 0 Å². The molecule has 0 atom stereocenters. The number of hydrogen-bond acceptors (Lipinski definition) is 2. The van der Waals surface area contributed by atoms with Crippen LogP contribution < -0.4 is 4.74 Å². The topological polar surface area (TPSA) is 26.3 Å². The van der Waals surface area contributed by atoms with Crippen LogP contribution in [0.2, 0.25) is 0 Å². The molecule has 0 radical (unpaired) electrons. The Kier molecular flexibility index (Phi) is 2.20. The monoisotopic (exact) mass is 246 g/mol. The third kappa shape index (κ3) is 1.35. The predicted octanol–water partition coefficient (Wildman–Crippen LogP) is 3.18. The van der Waals surface area contributed by atoms with Crippen LogP contribution in [0, 0.1) is 11.6 Å². The first-order valence-corrected chi connectivity index (χ1v) is 5.34. The fourth-order valence-electron chi connectivity index (χ4n) is 2.27. The van der Waals surface area contributed by atoms with Crippen molar-refractivity contribution in [3.63, 3.8) is 0 Å². The maximum atomic E-state index is 13.4. The van der Waals surface area contributed by atoms with Gasteiger partial charge in [0.15, 0.2) is 5.78 Å². The quantitative estimate of drug-likeness (QED) is 0.659. The lowest BCUT2D eigenvalue weighted by Gasteiger charge is -2.07. The first-order chi connectivity index (χ1) is 8.61. The summed E-state index contributed by atoms with van der Waals surface area (Å²) in [5.41, 5.74) is 1.56. The van der Waals surface area contributed by atoms with Crippen LogP contribution in [-0.2, 0) is 0 Å². The van der Waals surface area contributed by atoms with E-state index in [-0.39, 0.29) is 22.7 Å². The van der Waals surface area contributed by atoms with Gasteiger partial charge >= 0.3 is 0 Å². The number of ether oxygens (including phenoxy) is 1. The van der Waals surface area contributed by atoms with Gasteiger partial charge in [-0.1, -0.05) is 6.07 Å². The van der Waals surface area contributed by atoms with Gasteiger partial charge in [0, 0.05) is 22.8 Å². The van der Waals surface area contributed by atoms with E-state index in [4.69, 9.17) is 4.74 Å². The number of rotatable bonds is 1. The van der Waals surface area contributed by atoms with Crippen LogP contribution in [-0.4, -0.2) is 12.9 Å². The predicted molar refractivity (Wildman–Crippen MR) is 61.8 cm³/mol. The standard InChI is InChI=1S/C14H8F2O2/c1-18-12-6-8(16)5-11-13(12)9-3-2-7(15)4-10(9)14(11)17/h2-6H,1H3. The second-order valence-electron chi connectivity index (χ2n) is 4.05. The lowest BCUT2D eigenvalue weighted by atomic mass is 10.0. The number of hydrogen-bond donors (Lipinski definition) is 0. The van der Waals surface area contributed by atoms with Crippen molar-refractivity contribution in [1.82, 2.24) is 0 Å². The Balaban J connectivity index is 2.37. The van der Waals surface area contributed by atoms with Gasteiger partial charge in [-0.25, -0.2) is 8.78 Å². The molecule has 0 N–H and O–H groups in total. The van der Waals surface area contributed by atoms with E-state index in [1.54, 1.807) is 0 Å². The number of carbonyl (C=O) groups is 1. The summed E-state index contributed by atoms with van der Waals surface area (Å²) in [6.45, 7) is 0. The second kappa shape index (κ2) is 3.63. The Morgan fingerprint density at radius 3 is 2.39 bits per heavy atom. The van der Waals surface area contributed by atoms with Gasteiger partial charge in [0.25, 0.3) is 0 Å². The van der Waals surface area contributed by atoms with Crippen molar-refractivity contribution in [3.05, 3.63) is 53.1 Å². The van der Waals surface area contributed by atoms with Gasteiger partial charge in [0.1, 0.15) is 17.4 Å². The van der Waals surface area contributed by atoms with Crippen molar-refractivity contribution in [1.29, 1.82) is 0 Å². The van der Waals surface area contributed by atoms with Crippen molar-refractivity contribution in [2.75, 3.05) is 7.11 Å². The van der Waals surface area contributed by atoms with E-state index in [0.717, 1.165) is 12.1 Å². The summed E-state index contributed by atoms with van der Waals surface area (Å²) in [7, 11) is 1.40. The fourth-order valence-corrected chi connectivity index (χ4v) is 2.27. The minimum atomic E-state index is -0.549. The van der Waals surface area contributed by atoms with Gasteiger partial charge in [-0.15, -0.1) is 0 Å². The molecule has 0 saturated heterocycles. The summed E-state index contributed by atoms with van der Waals surface area (Å²) in [5.74, 6) is -1.14. The lowest BCUT2D eigenvalue weighted by Crippen LogP contribution is -1.97. The molecule has 1 aliphatic rings. The van der Waals surface area contributed by atoms with E-state index in [1.807, 2.05) is 0 Å². The highest BCUT2D eigenvalue weighted by Crippen LogP contribution is 2.43. The summed E-state index contributed by atoms with van der Waals surface area (Å²) in [5, 5.41) is 0. The number of methoxy groups -OCH3 is 1. The third-order valence-electron chi connectivity index (χ3n) is 3.03. The Labute approximate surface area is 102 Å². The van der Waals surface area contributed by atoms with Crippen molar-refractivity contribution in [2.45, 2.75) is 0 Å². The summed E-state index contributed by atoms with van der Waals surface area (Å²) in [4.78, 5) is 12.1. The fraction of sp³-hybridized carbons (Fsp3) is 0.0714. The van der Waals surface area contributed by atoms with Crippen molar-refractivity contribution < 1.29 is 18.3 Å². The molecule has 0 bridgehead atoms. The number of halogens is 2. The van der Waals surface area contributed by atoms with Gasteiger partial charge in [0.05, 0.1) is 7.11 Å². The van der Waals surface area contributed by atoms with Crippen molar-refractivity contribution >= 4 is 5.78 Å². The van der Waals surface area contributed by atoms with Crippen LogP contribution in [0.15, 0.2) is 30.3 Å². The molecule has 0 unspecified atom stereocenters. The van der Waals surface area contributed by atoms with Gasteiger partial charge < -0.3 is 4.74 Å². The number of carbonyl (C=O) groups excluding carboxylic acids is 1. The number of benzene rings is 2. The maximum Gasteiger partial charge on any atom is 0.194 e. The molecule has 90 valence electrons. The average molecular weight is 246 g/mol. The molecule has 0 amide bonds. The highest BCUT2D eigenvalue weighted by Gasteiger charge is 2.30. The lowest BCUT2D eigenvalue weighted by molar-refractivity contribution is 0.104. The largest absolute Gasteiger partial charge is 0.496 e. The Morgan fingerprint density at radius 2 is 1.67 bits per heavy atom. The Hall–Kier alpha value is -2.23. The van der Waals surface area contributed by atoms with E-state index in [0.29, 0.717) is 11.1 Å². The zero-order valence-electron chi connectivity index (χ0n) is 9.46. The molecule has 2 aromatic carbocycles. The van der Waals surface area contributed by atoms with Crippen LogP contribution in [0.5, 0.6) is 5.75 Å². The zero-order valence-corrected chi connectivity index (χ0v) is 9.46. The van der Waals surface area contributed by atoms with Crippen molar-refractivity contribution in [2.24, 2.45) is 0 Å². The molecule has 18 heavy (non-hydrogen) atoms. The number of ketones is 1. The normalized spacial score (nSPS) is 12.3. The molecule has 3 rings (SSSR count). The molecule has 0 saturated carbocycles. The van der Waals surface area contributed by atoms with E-state index < -0.39 is 11.6 Å². The number of fused-ring (bicyclic) bond motifs is 3. The van der Waals surface area contributed by atoms with Crippen LogP contribution in [0.4, 0.5) is 8.78 Å². The van der Waals surface area contributed by atoms with Gasteiger partial charge in [-0.2, -0.15) is 0 Å². The van der Waals surface area contributed by atoms with E-state index >= 15 is 0 Å². The second-order valence-corrected chi connectivity index (χ2v) is 4.05. The Bertz CT molecular complexity index is 678. The molecule has 0 aromatic heterocycles. The summed E-state index contributed by atoms with van der Waals surface area (Å²) in [6, 6.07) is 6.30.